The lowest BCUT2D eigenvalue weighted by molar-refractivity contribution is -0.141. The van der Waals surface area contributed by atoms with Crippen LogP contribution in [0.2, 0.25) is 0 Å². The molecule has 6 heteroatoms. The van der Waals surface area contributed by atoms with E-state index >= 15 is 0 Å². The molecule has 1 aromatic rings. The molecule has 0 fully saturated rings. The summed E-state index contributed by atoms with van der Waals surface area (Å²) in [6.07, 6.45) is 1.35. The number of aromatic nitrogens is 2. The van der Waals surface area contributed by atoms with Crippen molar-refractivity contribution in [3.05, 3.63) is 11.3 Å². The highest BCUT2D eigenvalue weighted by molar-refractivity contribution is 5.69. The summed E-state index contributed by atoms with van der Waals surface area (Å²) in [5.41, 5.74) is 1.24. The molecule has 0 aliphatic heterocycles. The predicted molar refractivity (Wildman–Crippen MR) is 67.2 cm³/mol. The number of nitrogens with one attached hydrogen (secondary N) is 1. The molecule has 0 aliphatic carbocycles. The maximum absolute atomic E-state index is 10.6. The van der Waals surface area contributed by atoms with Crippen LogP contribution < -0.4 is 5.32 Å². The normalized spacial score (nSPS) is 11.9. The molecule has 98 valence electrons. The molecule has 1 atom stereocenters. The number of anilines is 1. The third-order valence-corrected chi connectivity index (χ3v) is 2.86. The summed E-state index contributed by atoms with van der Waals surface area (Å²) in [5, 5.41) is 25.1. The second-order valence-corrected chi connectivity index (χ2v) is 4.35. The summed E-state index contributed by atoms with van der Waals surface area (Å²) in [7, 11) is 1.77. The molecule has 0 aromatic carbocycles. The highest BCUT2D eigenvalue weighted by Gasteiger charge is 2.13. The van der Waals surface area contributed by atoms with E-state index in [1.54, 1.807) is 25.6 Å². The van der Waals surface area contributed by atoms with Crippen molar-refractivity contribution in [1.82, 2.24) is 9.78 Å². The van der Waals surface area contributed by atoms with Gasteiger partial charge in [0, 0.05) is 13.6 Å². The lowest BCUT2D eigenvalue weighted by Crippen LogP contribution is -2.13. The molecule has 0 saturated heterocycles. The molecule has 0 bridgehead atoms. The Hall–Kier alpha value is -2.03. The van der Waals surface area contributed by atoms with Gasteiger partial charge in [-0.2, -0.15) is 10.4 Å². The lowest BCUT2D eigenvalue weighted by atomic mass is 10.1. The molecular formula is C12H18N4O2. The Morgan fingerprint density at radius 1 is 1.67 bits per heavy atom. The van der Waals surface area contributed by atoms with Crippen LogP contribution in [0.5, 0.6) is 0 Å². The highest BCUT2D eigenvalue weighted by atomic mass is 16.4. The molecule has 1 heterocycles. The zero-order chi connectivity index (χ0) is 13.7. The second kappa shape index (κ2) is 6.05. The minimum atomic E-state index is -0.774. The molecule has 1 aromatic heterocycles. The Kier molecular flexibility index (Phi) is 4.72. The smallest absolute Gasteiger partial charge is 0.306 e. The Balaban J connectivity index is 2.50. The van der Waals surface area contributed by atoms with Gasteiger partial charge >= 0.3 is 5.97 Å². The van der Waals surface area contributed by atoms with Crippen LogP contribution in [-0.4, -0.2) is 27.4 Å². The molecule has 0 amide bonds. The van der Waals surface area contributed by atoms with Crippen LogP contribution in [0.4, 0.5) is 5.82 Å². The minimum absolute atomic E-state index is 0.337. The molecule has 0 saturated carbocycles. The second-order valence-electron chi connectivity index (χ2n) is 4.35. The molecule has 1 rings (SSSR count). The largest absolute Gasteiger partial charge is 0.481 e. The van der Waals surface area contributed by atoms with E-state index in [-0.39, 0.29) is 5.92 Å². The molecule has 0 spiro atoms. The van der Waals surface area contributed by atoms with Gasteiger partial charge in [0.1, 0.15) is 17.5 Å². The van der Waals surface area contributed by atoms with Crippen LogP contribution in [0.3, 0.4) is 0 Å². The van der Waals surface area contributed by atoms with Gasteiger partial charge < -0.3 is 10.4 Å². The molecule has 1 unspecified atom stereocenters. The van der Waals surface area contributed by atoms with Crippen molar-refractivity contribution in [3.63, 3.8) is 0 Å². The summed E-state index contributed by atoms with van der Waals surface area (Å²) in [6, 6.07) is 2.11. The SMILES string of the molecule is Cc1nn(C)c(NCCCC(C)C(=O)O)c1C#N. The summed E-state index contributed by atoms with van der Waals surface area (Å²) in [4.78, 5) is 10.6. The first kappa shape index (κ1) is 14.0. The van der Waals surface area contributed by atoms with Gasteiger partial charge in [0.2, 0.25) is 0 Å². The number of hydrogen-bond acceptors (Lipinski definition) is 4. The Bertz CT molecular complexity index is 473. The van der Waals surface area contributed by atoms with Crippen LogP contribution in [0, 0.1) is 24.2 Å². The molecule has 2 N–H and O–H groups in total. The van der Waals surface area contributed by atoms with Gasteiger partial charge in [-0.3, -0.25) is 9.48 Å². The quantitative estimate of drug-likeness (QED) is 0.747. The zero-order valence-corrected chi connectivity index (χ0v) is 10.9. The number of carbonyl (C=O) groups is 1. The van der Waals surface area contributed by atoms with E-state index in [9.17, 15) is 4.79 Å². The van der Waals surface area contributed by atoms with E-state index in [1.807, 2.05) is 0 Å². The van der Waals surface area contributed by atoms with Crippen LogP contribution in [0.1, 0.15) is 31.0 Å². The fourth-order valence-electron chi connectivity index (χ4n) is 1.73. The number of carboxylic acids is 1. The number of hydrogen-bond donors (Lipinski definition) is 2. The maximum atomic E-state index is 10.6. The molecule has 0 aliphatic rings. The van der Waals surface area contributed by atoms with Crippen molar-refractivity contribution in [2.24, 2.45) is 13.0 Å². The van der Waals surface area contributed by atoms with Crippen molar-refractivity contribution in [1.29, 1.82) is 5.26 Å². The third-order valence-electron chi connectivity index (χ3n) is 2.86. The van der Waals surface area contributed by atoms with E-state index in [2.05, 4.69) is 16.5 Å². The molecule has 0 radical (unpaired) electrons. The van der Waals surface area contributed by atoms with E-state index < -0.39 is 5.97 Å². The van der Waals surface area contributed by atoms with Gasteiger partial charge in [-0.05, 0) is 19.8 Å². The number of carboxylic acid groups (broad SMARTS) is 1. The molecule has 18 heavy (non-hydrogen) atoms. The van der Waals surface area contributed by atoms with Crippen LogP contribution in [-0.2, 0) is 11.8 Å². The van der Waals surface area contributed by atoms with Gasteiger partial charge in [-0.15, -0.1) is 0 Å². The van der Waals surface area contributed by atoms with Gasteiger partial charge in [-0.25, -0.2) is 0 Å². The summed E-state index contributed by atoms with van der Waals surface area (Å²) < 4.78 is 1.63. The fraction of sp³-hybridized carbons (Fsp3) is 0.583. The first-order chi connectivity index (χ1) is 8.47. The average molecular weight is 250 g/mol. The predicted octanol–water partition coefficient (Wildman–Crippen LogP) is 1.51. The van der Waals surface area contributed by atoms with Gasteiger partial charge in [0.15, 0.2) is 0 Å². The van der Waals surface area contributed by atoms with Crippen molar-refractivity contribution >= 4 is 11.8 Å². The minimum Gasteiger partial charge on any atom is -0.481 e. The lowest BCUT2D eigenvalue weighted by Gasteiger charge is -2.08. The van der Waals surface area contributed by atoms with Crippen molar-refractivity contribution in [2.45, 2.75) is 26.7 Å². The molecule has 6 nitrogen and oxygen atoms in total. The van der Waals surface area contributed by atoms with E-state index in [1.165, 1.54) is 0 Å². The Labute approximate surface area is 106 Å². The van der Waals surface area contributed by atoms with E-state index in [0.717, 1.165) is 6.42 Å². The highest BCUT2D eigenvalue weighted by Crippen LogP contribution is 2.17. The summed E-state index contributed by atoms with van der Waals surface area (Å²) in [5.74, 6) is -0.419. The van der Waals surface area contributed by atoms with Crippen molar-refractivity contribution < 1.29 is 9.90 Å². The van der Waals surface area contributed by atoms with E-state index in [0.29, 0.717) is 30.0 Å². The van der Waals surface area contributed by atoms with Gasteiger partial charge in [0.05, 0.1) is 11.6 Å². The number of rotatable bonds is 6. The number of aliphatic carboxylic acids is 1. The number of nitriles is 1. The Morgan fingerprint density at radius 3 is 2.89 bits per heavy atom. The number of nitrogens with zero attached hydrogens (tertiary/aromatic N) is 3. The van der Waals surface area contributed by atoms with Crippen LogP contribution >= 0.6 is 0 Å². The Morgan fingerprint density at radius 2 is 2.33 bits per heavy atom. The van der Waals surface area contributed by atoms with E-state index in [4.69, 9.17) is 10.4 Å². The summed E-state index contributed by atoms with van der Waals surface area (Å²) in [6.45, 7) is 4.11. The fourth-order valence-corrected chi connectivity index (χ4v) is 1.73. The standard InChI is InChI=1S/C12H18N4O2/c1-8(12(17)18)5-4-6-14-11-10(7-13)9(2)15-16(11)3/h8,14H,4-6H2,1-3H3,(H,17,18). The molecular weight excluding hydrogens is 232 g/mol. The van der Waals surface area contributed by atoms with Gasteiger partial charge in [0.25, 0.3) is 0 Å². The first-order valence-corrected chi connectivity index (χ1v) is 5.87. The van der Waals surface area contributed by atoms with Crippen molar-refractivity contribution in [3.8, 4) is 6.07 Å². The zero-order valence-electron chi connectivity index (χ0n) is 10.9. The van der Waals surface area contributed by atoms with Crippen molar-refractivity contribution in [2.75, 3.05) is 11.9 Å². The maximum Gasteiger partial charge on any atom is 0.306 e. The van der Waals surface area contributed by atoms with Gasteiger partial charge in [-0.1, -0.05) is 6.92 Å². The van der Waals surface area contributed by atoms with Crippen LogP contribution in [0.25, 0.3) is 0 Å². The van der Waals surface area contributed by atoms with Crippen LogP contribution in [0.15, 0.2) is 0 Å². The number of aryl methyl sites for hydroxylation is 2. The first-order valence-electron chi connectivity index (χ1n) is 5.87. The average Bonchev–Trinajstić information content (AvgIpc) is 2.58. The monoisotopic (exact) mass is 250 g/mol. The third kappa shape index (κ3) is 3.23. The summed E-state index contributed by atoms with van der Waals surface area (Å²) >= 11 is 0. The topological polar surface area (TPSA) is 90.9 Å².